The molecule has 8 heteroatoms. The summed E-state index contributed by atoms with van der Waals surface area (Å²) in [5.41, 5.74) is 1.37. The van der Waals surface area contributed by atoms with Crippen molar-refractivity contribution in [1.29, 1.82) is 0 Å². The molecule has 7 nitrogen and oxygen atoms in total. The van der Waals surface area contributed by atoms with Crippen LogP contribution in [-0.2, 0) is 13.1 Å². The Morgan fingerprint density at radius 2 is 1.65 bits per heavy atom. The number of hydrogen-bond acceptors (Lipinski definition) is 4. The van der Waals surface area contributed by atoms with E-state index in [-0.39, 0.29) is 17.7 Å². The lowest BCUT2D eigenvalue weighted by atomic mass is 10.2. The molecule has 0 bridgehead atoms. The fourth-order valence-electron chi connectivity index (χ4n) is 4.02. The molecule has 0 saturated carbocycles. The third kappa shape index (κ3) is 3.90. The average molecular weight is 456 g/mol. The molecule has 0 amide bonds. The molecule has 5 aromatic rings. The lowest BCUT2D eigenvalue weighted by Gasteiger charge is -2.13. The lowest BCUT2D eigenvalue weighted by molar-refractivity contribution is 0.414. The van der Waals surface area contributed by atoms with Gasteiger partial charge in [0.2, 0.25) is 0 Å². The van der Waals surface area contributed by atoms with Crippen molar-refractivity contribution in [1.82, 2.24) is 18.7 Å². The third-order valence-electron chi connectivity index (χ3n) is 5.64. The molecule has 0 atom stereocenters. The highest BCUT2D eigenvalue weighted by atomic mass is 19.1. The highest BCUT2D eigenvalue weighted by molar-refractivity contribution is 5.72. The molecule has 0 fully saturated rings. The molecule has 0 aliphatic rings. The second kappa shape index (κ2) is 8.82. The smallest absolute Gasteiger partial charge is 0.337 e. The number of halogens is 1. The van der Waals surface area contributed by atoms with Crippen molar-refractivity contribution in [3.63, 3.8) is 0 Å². The van der Waals surface area contributed by atoms with Crippen molar-refractivity contribution < 1.29 is 9.13 Å². The van der Waals surface area contributed by atoms with Crippen LogP contribution in [0.5, 0.6) is 5.75 Å². The Bertz CT molecular complexity index is 1600. The van der Waals surface area contributed by atoms with Gasteiger partial charge in [-0.15, -0.1) is 0 Å². The second-order valence-electron chi connectivity index (χ2n) is 7.87. The summed E-state index contributed by atoms with van der Waals surface area (Å²) < 4.78 is 23.5. The first-order valence-electron chi connectivity index (χ1n) is 10.7. The minimum atomic E-state index is -0.585. The van der Waals surface area contributed by atoms with Crippen LogP contribution in [0.1, 0.15) is 11.1 Å². The van der Waals surface area contributed by atoms with Crippen LogP contribution in [-0.4, -0.2) is 25.8 Å². The number of hydrogen-bond donors (Lipinski definition) is 0. The van der Waals surface area contributed by atoms with E-state index < -0.39 is 17.1 Å². The molecule has 0 spiro atoms. The number of aromatic nitrogens is 4. The topological polar surface area (TPSA) is 71.1 Å². The van der Waals surface area contributed by atoms with Crippen molar-refractivity contribution >= 4 is 11.2 Å². The predicted molar refractivity (Wildman–Crippen MR) is 127 cm³/mol. The van der Waals surface area contributed by atoms with E-state index in [9.17, 15) is 14.0 Å². The van der Waals surface area contributed by atoms with Crippen LogP contribution in [0.3, 0.4) is 0 Å². The average Bonchev–Trinajstić information content (AvgIpc) is 3.26. The molecule has 2 aromatic heterocycles. The van der Waals surface area contributed by atoms with E-state index in [4.69, 9.17) is 4.74 Å². The highest BCUT2D eigenvalue weighted by Gasteiger charge is 2.20. The number of imidazole rings is 1. The molecule has 0 saturated heterocycles. The molecule has 3 aromatic carbocycles. The van der Waals surface area contributed by atoms with Crippen LogP contribution in [0.15, 0.2) is 94.8 Å². The minimum Gasteiger partial charge on any atom is -0.497 e. The summed E-state index contributed by atoms with van der Waals surface area (Å²) in [7, 11) is 1.59. The fourth-order valence-corrected chi connectivity index (χ4v) is 4.02. The van der Waals surface area contributed by atoms with Crippen molar-refractivity contribution in [2.24, 2.45) is 0 Å². The summed E-state index contributed by atoms with van der Waals surface area (Å²) in [5, 5.41) is 0. The van der Waals surface area contributed by atoms with Gasteiger partial charge in [0, 0.05) is 6.54 Å². The standard InChI is InChI=1S/C26H21FN4O3/c1-34-22-12-5-9-19(13-22)15-29-17-28-24-23(29)25(32)30(16-18-7-3-2-4-8-18)26(33)31(24)21-11-6-10-20(27)14-21/h2-14,17H,15-16H2,1H3. The number of ether oxygens (including phenoxy) is 1. The second-order valence-corrected chi connectivity index (χ2v) is 7.87. The van der Waals surface area contributed by atoms with E-state index >= 15 is 0 Å². The van der Waals surface area contributed by atoms with Crippen LogP contribution < -0.4 is 16.0 Å². The third-order valence-corrected chi connectivity index (χ3v) is 5.64. The van der Waals surface area contributed by atoms with Crippen molar-refractivity contribution in [3.8, 4) is 11.4 Å². The zero-order valence-electron chi connectivity index (χ0n) is 18.4. The predicted octanol–water partition coefficient (Wildman–Crippen LogP) is 3.59. The Kier molecular flexibility index (Phi) is 5.55. The van der Waals surface area contributed by atoms with Gasteiger partial charge >= 0.3 is 5.69 Å². The molecular formula is C26H21FN4O3. The maximum Gasteiger partial charge on any atom is 0.337 e. The zero-order valence-corrected chi connectivity index (χ0v) is 18.4. The van der Waals surface area contributed by atoms with Gasteiger partial charge in [-0.1, -0.05) is 48.5 Å². The van der Waals surface area contributed by atoms with Crippen LogP contribution in [0.25, 0.3) is 16.9 Å². The van der Waals surface area contributed by atoms with Gasteiger partial charge in [0.05, 0.1) is 25.7 Å². The summed E-state index contributed by atoms with van der Waals surface area (Å²) in [6.45, 7) is 0.420. The molecule has 0 unspecified atom stereocenters. The van der Waals surface area contributed by atoms with E-state index in [0.717, 1.165) is 15.7 Å². The first kappa shape index (κ1) is 21.4. The van der Waals surface area contributed by atoms with Gasteiger partial charge in [0.25, 0.3) is 5.56 Å². The maximum atomic E-state index is 14.1. The van der Waals surface area contributed by atoms with Gasteiger partial charge in [-0.05, 0) is 41.5 Å². The Labute approximate surface area is 193 Å². The fraction of sp³-hybridized carbons (Fsp3) is 0.115. The quantitative estimate of drug-likeness (QED) is 0.392. The van der Waals surface area contributed by atoms with Crippen molar-refractivity contribution in [3.05, 3.63) is 123 Å². The molecule has 5 rings (SSSR count). The number of rotatable bonds is 6. The largest absolute Gasteiger partial charge is 0.497 e. The molecule has 2 heterocycles. The van der Waals surface area contributed by atoms with Crippen LogP contribution in [0.4, 0.5) is 4.39 Å². The normalized spacial score (nSPS) is 11.1. The zero-order chi connectivity index (χ0) is 23.7. The van der Waals surface area contributed by atoms with Crippen LogP contribution in [0.2, 0.25) is 0 Å². The first-order valence-corrected chi connectivity index (χ1v) is 10.7. The van der Waals surface area contributed by atoms with E-state index in [1.165, 1.54) is 29.1 Å². The van der Waals surface area contributed by atoms with Gasteiger partial charge in [-0.3, -0.25) is 9.36 Å². The van der Waals surface area contributed by atoms with Crippen molar-refractivity contribution in [2.75, 3.05) is 7.11 Å². The van der Waals surface area contributed by atoms with E-state index in [1.807, 2.05) is 54.6 Å². The molecular weight excluding hydrogens is 435 g/mol. The monoisotopic (exact) mass is 456 g/mol. The Morgan fingerprint density at radius 1 is 0.882 bits per heavy atom. The maximum absolute atomic E-state index is 14.1. The lowest BCUT2D eigenvalue weighted by Crippen LogP contribution is -2.40. The van der Waals surface area contributed by atoms with E-state index in [0.29, 0.717) is 18.0 Å². The molecule has 0 N–H and O–H groups in total. The van der Waals surface area contributed by atoms with Gasteiger partial charge in [-0.25, -0.2) is 18.7 Å². The number of benzene rings is 3. The van der Waals surface area contributed by atoms with Gasteiger partial charge < -0.3 is 9.30 Å². The summed E-state index contributed by atoms with van der Waals surface area (Å²) in [5.74, 6) is 0.203. The van der Waals surface area contributed by atoms with Gasteiger partial charge in [0.15, 0.2) is 11.2 Å². The Hall–Kier alpha value is -4.46. The van der Waals surface area contributed by atoms with Crippen LogP contribution in [0, 0.1) is 5.82 Å². The molecule has 0 aliphatic carbocycles. The van der Waals surface area contributed by atoms with E-state index in [1.54, 1.807) is 17.7 Å². The Morgan fingerprint density at radius 3 is 2.41 bits per heavy atom. The first-order chi connectivity index (χ1) is 16.5. The molecule has 0 aliphatic heterocycles. The molecule has 34 heavy (non-hydrogen) atoms. The molecule has 170 valence electrons. The van der Waals surface area contributed by atoms with Crippen LogP contribution >= 0.6 is 0 Å². The molecule has 0 radical (unpaired) electrons. The highest BCUT2D eigenvalue weighted by Crippen LogP contribution is 2.18. The Balaban J connectivity index is 1.75. The summed E-state index contributed by atoms with van der Waals surface area (Å²) in [6, 6.07) is 22.4. The van der Waals surface area contributed by atoms with E-state index in [2.05, 4.69) is 4.98 Å². The van der Waals surface area contributed by atoms with Crippen molar-refractivity contribution in [2.45, 2.75) is 13.1 Å². The number of methoxy groups -OCH3 is 1. The number of fused-ring (bicyclic) bond motifs is 1. The summed E-state index contributed by atoms with van der Waals surface area (Å²) in [6.07, 6.45) is 1.52. The minimum absolute atomic E-state index is 0.0775. The summed E-state index contributed by atoms with van der Waals surface area (Å²) in [4.78, 5) is 31.5. The number of nitrogens with zero attached hydrogens (tertiary/aromatic N) is 4. The summed E-state index contributed by atoms with van der Waals surface area (Å²) >= 11 is 0. The van der Waals surface area contributed by atoms with Gasteiger partial charge in [-0.2, -0.15) is 0 Å². The SMILES string of the molecule is COc1cccc(Cn2cnc3c2c(=O)n(Cc2ccccc2)c(=O)n3-c2cccc(F)c2)c1. The van der Waals surface area contributed by atoms with Gasteiger partial charge in [0.1, 0.15) is 11.6 Å².